The standard InChI is InChI=1S/C20H18F2N2O4/c21-20(22)27-17-6-3-15(11-18(17)28-20)23-19(26)14-7-9-24(10-8-14)16-4-1-13(12-25)2-5-16/h1-6,11-12,14H,7-10H2,(H,23,26). The van der Waals surface area contributed by atoms with Crippen LogP contribution in [-0.4, -0.2) is 31.6 Å². The van der Waals surface area contributed by atoms with Crippen LogP contribution in [0.4, 0.5) is 20.2 Å². The molecule has 0 atom stereocenters. The Balaban J connectivity index is 1.34. The second kappa shape index (κ2) is 7.10. The van der Waals surface area contributed by atoms with E-state index in [9.17, 15) is 18.4 Å². The van der Waals surface area contributed by atoms with Gasteiger partial charge in [-0.3, -0.25) is 9.59 Å². The van der Waals surface area contributed by atoms with Crippen molar-refractivity contribution in [2.45, 2.75) is 19.1 Å². The number of amides is 1. The minimum atomic E-state index is -3.68. The van der Waals surface area contributed by atoms with Crippen LogP contribution in [0.5, 0.6) is 11.5 Å². The largest absolute Gasteiger partial charge is 0.586 e. The molecule has 8 heteroatoms. The topological polar surface area (TPSA) is 67.9 Å². The normalized spacial score (nSPS) is 18.0. The van der Waals surface area contributed by atoms with Gasteiger partial charge in [0.2, 0.25) is 5.91 Å². The van der Waals surface area contributed by atoms with Crippen molar-refractivity contribution in [1.82, 2.24) is 0 Å². The summed E-state index contributed by atoms with van der Waals surface area (Å²) >= 11 is 0. The van der Waals surface area contributed by atoms with Crippen molar-refractivity contribution in [3.63, 3.8) is 0 Å². The van der Waals surface area contributed by atoms with Gasteiger partial charge in [-0.1, -0.05) is 0 Å². The molecule has 1 fully saturated rings. The fourth-order valence-electron chi connectivity index (χ4n) is 3.43. The van der Waals surface area contributed by atoms with E-state index in [1.165, 1.54) is 18.2 Å². The minimum absolute atomic E-state index is 0.0584. The number of anilines is 2. The molecule has 1 N–H and O–H groups in total. The Labute approximate surface area is 160 Å². The zero-order chi connectivity index (χ0) is 19.7. The molecule has 146 valence electrons. The summed E-state index contributed by atoms with van der Waals surface area (Å²) in [5.74, 6) is -0.479. The number of alkyl halides is 2. The Morgan fingerprint density at radius 3 is 2.43 bits per heavy atom. The molecule has 0 aliphatic carbocycles. The average Bonchev–Trinajstić information content (AvgIpc) is 3.01. The van der Waals surface area contributed by atoms with Gasteiger partial charge in [0.25, 0.3) is 0 Å². The number of halogens is 2. The molecule has 6 nitrogen and oxygen atoms in total. The van der Waals surface area contributed by atoms with Crippen molar-refractivity contribution < 1.29 is 27.8 Å². The number of rotatable bonds is 4. The molecule has 0 saturated carbocycles. The van der Waals surface area contributed by atoms with Crippen molar-refractivity contribution in [3.8, 4) is 11.5 Å². The molecule has 0 spiro atoms. The quantitative estimate of drug-likeness (QED) is 0.810. The van der Waals surface area contributed by atoms with Gasteiger partial charge >= 0.3 is 6.29 Å². The summed E-state index contributed by atoms with van der Waals surface area (Å²) in [5.41, 5.74) is 2.03. The third kappa shape index (κ3) is 3.76. The van der Waals surface area contributed by atoms with Gasteiger partial charge in [-0.15, -0.1) is 8.78 Å². The second-order valence-corrected chi connectivity index (χ2v) is 6.79. The lowest BCUT2D eigenvalue weighted by atomic mass is 9.95. The monoisotopic (exact) mass is 388 g/mol. The zero-order valence-corrected chi connectivity index (χ0v) is 14.9. The molecular weight excluding hydrogens is 370 g/mol. The molecule has 0 bridgehead atoms. The average molecular weight is 388 g/mol. The lowest BCUT2D eigenvalue weighted by Crippen LogP contribution is -2.38. The predicted molar refractivity (Wildman–Crippen MR) is 98.0 cm³/mol. The van der Waals surface area contributed by atoms with Crippen molar-refractivity contribution in [2.75, 3.05) is 23.3 Å². The van der Waals surface area contributed by atoms with Gasteiger partial charge in [-0.05, 0) is 49.2 Å². The van der Waals surface area contributed by atoms with Gasteiger partial charge in [-0.2, -0.15) is 0 Å². The van der Waals surface area contributed by atoms with E-state index in [2.05, 4.69) is 19.7 Å². The fourth-order valence-corrected chi connectivity index (χ4v) is 3.43. The number of aldehydes is 1. The Bertz CT molecular complexity index is 894. The van der Waals surface area contributed by atoms with Crippen LogP contribution in [0, 0.1) is 5.92 Å². The molecule has 2 aliphatic heterocycles. The Kier molecular flexibility index (Phi) is 4.62. The Hall–Kier alpha value is -3.16. The first-order valence-corrected chi connectivity index (χ1v) is 8.94. The number of carbonyl (C=O) groups is 2. The molecule has 1 saturated heterocycles. The number of hydrogen-bond donors (Lipinski definition) is 1. The highest BCUT2D eigenvalue weighted by Gasteiger charge is 2.43. The Morgan fingerprint density at radius 1 is 1.07 bits per heavy atom. The van der Waals surface area contributed by atoms with Crippen LogP contribution in [0.2, 0.25) is 0 Å². The van der Waals surface area contributed by atoms with E-state index in [1.54, 1.807) is 12.1 Å². The zero-order valence-electron chi connectivity index (χ0n) is 14.9. The molecule has 2 aromatic carbocycles. The maximum atomic E-state index is 13.1. The van der Waals surface area contributed by atoms with Gasteiger partial charge in [0.05, 0.1) is 0 Å². The van der Waals surface area contributed by atoms with Gasteiger partial charge < -0.3 is 19.7 Å². The number of fused-ring (bicyclic) bond motifs is 1. The molecule has 2 aliphatic rings. The van der Waals surface area contributed by atoms with E-state index >= 15 is 0 Å². The highest BCUT2D eigenvalue weighted by atomic mass is 19.3. The van der Waals surface area contributed by atoms with Crippen LogP contribution < -0.4 is 19.7 Å². The summed E-state index contributed by atoms with van der Waals surface area (Å²) in [4.78, 5) is 25.4. The first-order chi connectivity index (χ1) is 13.4. The number of piperidine rings is 1. The molecule has 0 aromatic heterocycles. The van der Waals surface area contributed by atoms with Crippen LogP contribution in [0.3, 0.4) is 0 Å². The van der Waals surface area contributed by atoms with Gasteiger partial charge in [0.1, 0.15) is 6.29 Å². The summed E-state index contributed by atoms with van der Waals surface area (Å²) in [6, 6.07) is 11.5. The predicted octanol–water partition coefficient (Wildman–Crippen LogP) is 3.68. The number of hydrogen-bond acceptors (Lipinski definition) is 5. The lowest BCUT2D eigenvalue weighted by Gasteiger charge is -2.33. The number of nitrogens with one attached hydrogen (secondary N) is 1. The fraction of sp³-hybridized carbons (Fsp3) is 0.300. The van der Waals surface area contributed by atoms with Crippen LogP contribution in [0.1, 0.15) is 23.2 Å². The van der Waals surface area contributed by atoms with Crippen LogP contribution in [0.25, 0.3) is 0 Å². The third-order valence-corrected chi connectivity index (χ3v) is 4.93. The molecule has 2 heterocycles. The van der Waals surface area contributed by atoms with E-state index in [4.69, 9.17) is 0 Å². The molecule has 0 radical (unpaired) electrons. The smallest absolute Gasteiger partial charge is 0.395 e. The van der Waals surface area contributed by atoms with Gasteiger partial charge in [0, 0.05) is 42.0 Å². The van der Waals surface area contributed by atoms with Crippen molar-refractivity contribution in [3.05, 3.63) is 48.0 Å². The van der Waals surface area contributed by atoms with Crippen LogP contribution in [-0.2, 0) is 4.79 Å². The molecule has 28 heavy (non-hydrogen) atoms. The van der Waals surface area contributed by atoms with Gasteiger partial charge in [-0.25, -0.2) is 0 Å². The Morgan fingerprint density at radius 2 is 1.75 bits per heavy atom. The van der Waals surface area contributed by atoms with E-state index in [-0.39, 0.29) is 23.3 Å². The maximum Gasteiger partial charge on any atom is 0.586 e. The van der Waals surface area contributed by atoms with E-state index in [1.807, 2.05) is 12.1 Å². The summed E-state index contributed by atoms with van der Waals surface area (Å²) in [6.45, 7) is 1.43. The molecule has 4 rings (SSSR count). The van der Waals surface area contributed by atoms with E-state index in [0.717, 1.165) is 12.0 Å². The summed E-state index contributed by atoms with van der Waals surface area (Å²) < 4.78 is 34.9. The van der Waals surface area contributed by atoms with Crippen molar-refractivity contribution in [1.29, 1.82) is 0 Å². The minimum Gasteiger partial charge on any atom is -0.395 e. The molecule has 1 amide bonds. The third-order valence-electron chi connectivity index (χ3n) is 4.93. The number of ether oxygens (including phenoxy) is 2. The number of nitrogens with zero attached hydrogens (tertiary/aromatic N) is 1. The molecule has 2 aromatic rings. The summed E-state index contributed by atoms with van der Waals surface area (Å²) in [6.07, 6.45) is -1.53. The first-order valence-electron chi connectivity index (χ1n) is 8.94. The lowest BCUT2D eigenvalue weighted by molar-refractivity contribution is -0.286. The summed E-state index contributed by atoms with van der Waals surface area (Å²) in [5, 5.41) is 2.76. The van der Waals surface area contributed by atoms with Crippen LogP contribution >= 0.6 is 0 Å². The highest BCUT2D eigenvalue weighted by molar-refractivity contribution is 5.93. The van der Waals surface area contributed by atoms with Crippen molar-refractivity contribution >= 4 is 23.6 Å². The molecule has 0 unspecified atom stereocenters. The first kappa shape index (κ1) is 18.2. The van der Waals surface area contributed by atoms with E-state index < -0.39 is 6.29 Å². The van der Waals surface area contributed by atoms with Crippen LogP contribution in [0.15, 0.2) is 42.5 Å². The highest BCUT2D eigenvalue weighted by Crippen LogP contribution is 2.42. The molecular formula is C20H18F2N2O4. The van der Waals surface area contributed by atoms with Gasteiger partial charge in [0.15, 0.2) is 11.5 Å². The SMILES string of the molecule is O=Cc1ccc(N2CCC(C(=O)Nc3ccc4c(c3)OC(F)(F)O4)CC2)cc1. The second-order valence-electron chi connectivity index (χ2n) is 6.79. The number of carbonyl (C=O) groups excluding carboxylic acids is 2. The van der Waals surface area contributed by atoms with E-state index in [0.29, 0.717) is 37.2 Å². The number of benzene rings is 2. The maximum absolute atomic E-state index is 13.1. The van der Waals surface area contributed by atoms with Crippen molar-refractivity contribution in [2.24, 2.45) is 5.92 Å². The summed E-state index contributed by atoms with van der Waals surface area (Å²) in [7, 11) is 0.